The van der Waals surface area contributed by atoms with Crippen molar-refractivity contribution >= 4 is 46.5 Å². The number of nitrogens with two attached hydrogens (primary N) is 1. The first-order valence-corrected chi connectivity index (χ1v) is 11.3. The minimum Gasteiger partial charge on any atom is -0.481 e. The molecule has 200 valence electrons. The molecule has 1 heterocycles. The van der Waals surface area contributed by atoms with E-state index in [2.05, 4.69) is 20.9 Å². The highest BCUT2D eigenvalue weighted by Gasteiger charge is 2.30. The molecule has 2 aromatic rings. The number of H-pyrrole nitrogens is 1. The van der Waals surface area contributed by atoms with Gasteiger partial charge in [-0.1, -0.05) is 18.2 Å². The van der Waals surface area contributed by atoms with Crippen molar-refractivity contribution in [2.75, 3.05) is 0 Å². The summed E-state index contributed by atoms with van der Waals surface area (Å²) in [5.41, 5.74) is 7.03. The van der Waals surface area contributed by atoms with E-state index in [9.17, 15) is 33.9 Å². The Hall–Kier alpha value is -4.46. The van der Waals surface area contributed by atoms with Crippen molar-refractivity contribution in [3.8, 4) is 0 Å². The summed E-state index contributed by atoms with van der Waals surface area (Å²) in [6.45, 7) is 1.32. The van der Waals surface area contributed by atoms with Gasteiger partial charge in [-0.2, -0.15) is 0 Å². The monoisotopic (exact) mass is 519 g/mol. The average molecular weight is 520 g/mol. The number of aromatic nitrogens is 1. The number of benzene rings is 1. The lowest BCUT2D eigenvalue weighted by atomic mass is 10.0. The van der Waals surface area contributed by atoms with Gasteiger partial charge < -0.3 is 42.0 Å². The van der Waals surface area contributed by atoms with E-state index in [0.717, 1.165) is 10.9 Å². The predicted molar refractivity (Wildman–Crippen MR) is 128 cm³/mol. The van der Waals surface area contributed by atoms with Gasteiger partial charge in [0, 0.05) is 29.9 Å². The standard InChI is InChI=1S/C23H29N5O9/c1-11(26-21(34)14(24)6-7-18(29)30)20(33)27-16(22(35)28-17(23(36)37)9-19(31)32)8-12-10-25-15-5-3-2-4-13(12)15/h2-5,10-11,14,16-17,25H,6-9,24H2,1H3,(H,26,34)(H,27,33)(H,28,35)(H,29,30)(H,31,32)(H,36,37). The molecule has 0 aliphatic carbocycles. The number of aromatic amines is 1. The second-order valence-corrected chi connectivity index (χ2v) is 8.39. The molecular weight excluding hydrogens is 490 g/mol. The number of carbonyl (C=O) groups excluding carboxylic acids is 3. The van der Waals surface area contributed by atoms with Crippen LogP contribution in [0.3, 0.4) is 0 Å². The normalized spacial score (nSPS) is 14.1. The van der Waals surface area contributed by atoms with Crippen LogP contribution in [0.2, 0.25) is 0 Å². The second kappa shape index (κ2) is 13.0. The number of carbonyl (C=O) groups is 6. The Morgan fingerprint density at radius 2 is 1.54 bits per heavy atom. The summed E-state index contributed by atoms with van der Waals surface area (Å²) in [6.07, 6.45) is 0.162. The molecule has 37 heavy (non-hydrogen) atoms. The van der Waals surface area contributed by atoms with Crippen molar-refractivity contribution in [2.45, 2.75) is 56.8 Å². The van der Waals surface area contributed by atoms with Crippen LogP contribution in [0.15, 0.2) is 30.5 Å². The minimum atomic E-state index is -1.74. The minimum absolute atomic E-state index is 0.0835. The van der Waals surface area contributed by atoms with Crippen molar-refractivity contribution < 1.29 is 44.1 Å². The van der Waals surface area contributed by atoms with Crippen LogP contribution in [0.5, 0.6) is 0 Å². The van der Waals surface area contributed by atoms with E-state index in [0.29, 0.717) is 5.56 Å². The van der Waals surface area contributed by atoms with E-state index in [1.54, 1.807) is 30.5 Å². The SMILES string of the molecule is CC(NC(=O)C(N)CCC(=O)O)C(=O)NC(Cc1c[nH]c2ccccc12)C(=O)NC(CC(=O)O)C(=O)O. The lowest BCUT2D eigenvalue weighted by Gasteiger charge is -2.23. The van der Waals surface area contributed by atoms with Crippen LogP contribution in [-0.2, 0) is 35.2 Å². The molecule has 2 rings (SSSR count). The van der Waals surface area contributed by atoms with Gasteiger partial charge in [-0.3, -0.25) is 24.0 Å². The fourth-order valence-electron chi connectivity index (χ4n) is 3.47. The van der Waals surface area contributed by atoms with E-state index in [-0.39, 0.29) is 19.3 Å². The Morgan fingerprint density at radius 3 is 2.16 bits per heavy atom. The fourth-order valence-corrected chi connectivity index (χ4v) is 3.47. The molecule has 0 saturated heterocycles. The Kier molecular flexibility index (Phi) is 10.1. The van der Waals surface area contributed by atoms with E-state index in [1.165, 1.54) is 6.92 Å². The maximum absolute atomic E-state index is 13.0. The number of rotatable bonds is 14. The number of para-hydroxylation sites is 1. The molecule has 0 aliphatic heterocycles. The van der Waals surface area contributed by atoms with Gasteiger partial charge in [0.1, 0.15) is 18.1 Å². The summed E-state index contributed by atoms with van der Waals surface area (Å²) in [5.74, 6) is -6.66. The van der Waals surface area contributed by atoms with Crippen LogP contribution in [0.4, 0.5) is 0 Å². The van der Waals surface area contributed by atoms with E-state index >= 15 is 0 Å². The molecule has 0 bridgehead atoms. The first kappa shape index (κ1) is 28.8. The van der Waals surface area contributed by atoms with Gasteiger partial charge in [-0.25, -0.2) is 4.79 Å². The Morgan fingerprint density at radius 1 is 0.892 bits per heavy atom. The van der Waals surface area contributed by atoms with Crippen LogP contribution in [0.25, 0.3) is 10.9 Å². The topological polar surface area (TPSA) is 241 Å². The number of fused-ring (bicyclic) bond motifs is 1. The molecular formula is C23H29N5O9. The molecule has 0 radical (unpaired) electrons. The summed E-state index contributed by atoms with van der Waals surface area (Å²) in [5, 5.41) is 34.6. The summed E-state index contributed by atoms with van der Waals surface area (Å²) in [4.78, 5) is 74.1. The predicted octanol–water partition coefficient (Wildman–Crippen LogP) is -1.06. The molecule has 0 spiro atoms. The average Bonchev–Trinajstić information content (AvgIpc) is 3.23. The van der Waals surface area contributed by atoms with Crippen LogP contribution >= 0.6 is 0 Å². The first-order chi connectivity index (χ1) is 17.4. The van der Waals surface area contributed by atoms with Crippen molar-refractivity contribution in [3.05, 3.63) is 36.0 Å². The Balaban J connectivity index is 2.19. The molecule has 0 fully saturated rings. The summed E-state index contributed by atoms with van der Waals surface area (Å²) >= 11 is 0. The van der Waals surface area contributed by atoms with Gasteiger partial charge in [0.2, 0.25) is 17.7 Å². The largest absolute Gasteiger partial charge is 0.481 e. The molecule has 4 atom stereocenters. The number of nitrogens with one attached hydrogen (secondary N) is 4. The lowest BCUT2D eigenvalue weighted by Crippen LogP contribution is -2.57. The highest BCUT2D eigenvalue weighted by Crippen LogP contribution is 2.19. The number of hydrogen-bond donors (Lipinski definition) is 8. The van der Waals surface area contributed by atoms with Crippen molar-refractivity contribution in [3.63, 3.8) is 0 Å². The number of carboxylic acid groups (broad SMARTS) is 3. The molecule has 0 saturated carbocycles. The molecule has 9 N–H and O–H groups in total. The smallest absolute Gasteiger partial charge is 0.326 e. The third-order valence-electron chi connectivity index (χ3n) is 5.48. The molecule has 1 aromatic carbocycles. The number of amides is 3. The van der Waals surface area contributed by atoms with Gasteiger partial charge in [0.15, 0.2) is 0 Å². The summed E-state index contributed by atoms with van der Waals surface area (Å²) < 4.78 is 0. The Labute approximate surface area is 210 Å². The first-order valence-electron chi connectivity index (χ1n) is 11.3. The highest BCUT2D eigenvalue weighted by atomic mass is 16.4. The quantitative estimate of drug-likeness (QED) is 0.150. The van der Waals surface area contributed by atoms with Gasteiger partial charge >= 0.3 is 17.9 Å². The summed E-state index contributed by atoms with van der Waals surface area (Å²) in [7, 11) is 0. The third kappa shape index (κ3) is 8.61. The van der Waals surface area contributed by atoms with Gasteiger partial charge in [0.05, 0.1) is 12.5 Å². The van der Waals surface area contributed by atoms with Crippen molar-refractivity contribution in [1.82, 2.24) is 20.9 Å². The van der Waals surface area contributed by atoms with E-state index < -0.39 is 66.2 Å². The number of aliphatic carboxylic acids is 3. The number of carboxylic acids is 3. The second-order valence-electron chi connectivity index (χ2n) is 8.39. The highest BCUT2D eigenvalue weighted by molar-refractivity contribution is 5.95. The fraction of sp³-hybridized carbons (Fsp3) is 0.391. The van der Waals surface area contributed by atoms with Crippen molar-refractivity contribution in [2.24, 2.45) is 5.73 Å². The summed E-state index contributed by atoms with van der Waals surface area (Å²) in [6, 6.07) is 1.71. The zero-order valence-electron chi connectivity index (χ0n) is 19.9. The lowest BCUT2D eigenvalue weighted by molar-refractivity contribution is -0.147. The molecule has 1 aromatic heterocycles. The maximum atomic E-state index is 13.0. The van der Waals surface area contributed by atoms with E-state index in [1.807, 2.05) is 0 Å². The molecule has 14 heteroatoms. The molecule has 14 nitrogen and oxygen atoms in total. The van der Waals surface area contributed by atoms with Crippen LogP contribution in [0, 0.1) is 0 Å². The molecule has 0 aliphatic rings. The Bertz CT molecular complexity index is 1180. The van der Waals surface area contributed by atoms with Crippen LogP contribution < -0.4 is 21.7 Å². The van der Waals surface area contributed by atoms with E-state index in [4.69, 9.17) is 15.9 Å². The molecule has 3 amide bonds. The zero-order chi connectivity index (χ0) is 27.7. The zero-order valence-corrected chi connectivity index (χ0v) is 19.9. The maximum Gasteiger partial charge on any atom is 0.326 e. The van der Waals surface area contributed by atoms with Gasteiger partial charge in [-0.15, -0.1) is 0 Å². The number of hydrogen-bond acceptors (Lipinski definition) is 7. The van der Waals surface area contributed by atoms with Crippen LogP contribution in [-0.4, -0.2) is 80.1 Å². The van der Waals surface area contributed by atoms with Crippen molar-refractivity contribution in [1.29, 1.82) is 0 Å². The van der Waals surface area contributed by atoms with Crippen LogP contribution in [0.1, 0.15) is 31.7 Å². The van der Waals surface area contributed by atoms with Gasteiger partial charge in [0.25, 0.3) is 0 Å². The van der Waals surface area contributed by atoms with Gasteiger partial charge in [-0.05, 0) is 25.0 Å². The molecule has 4 unspecified atom stereocenters. The third-order valence-corrected chi connectivity index (χ3v) is 5.48.